The summed E-state index contributed by atoms with van der Waals surface area (Å²) in [5.74, 6) is 0.735. The number of anilines is 1. The smallest absolute Gasteiger partial charge is 0.0373 e. The average molecular weight is 270 g/mol. The molecular formula is C13H20BrN. The van der Waals surface area contributed by atoms with E-state index < -0.39 is 0 Å². The Balaban J connectivity index is 2.67. The van der Waals surface area contributed by atoms with Crippen LogP contribution < -0.4 is 5.32 Å². The van der Waals surface area contributed by atoms with Gasteiger partial charge < -0.3 is 5.32 Å². The zero-order valence-electron chi connectivity index (χ0n) is 9.81. The lowest BCUT2D eigenvalue weighted by molar-refractivity contribution is 0.593. The van der Waals surface area contributed by atoms with Crippen LogP contribution in [0.2, 0.25) is 0 Å². The van der Waals surface area contributed by atoms with E-state index in [9.17, 15) is 0 Å². The summed E-state index contributed by atoms with van der Waals surface area (Å²) < 4.78 is 1.16. The van der Waals surface area contributed by atoms with Gasteiger partial charge in [0.1, 0.15) is 0 Å². The lowest BCUT2D eigenvalue weighted by Gasteiger charge is -2.14. The van der Waals surface area contributed by atoms with Gasteiger partial charge >= 0.3 is 0 Å². The third kappa shape index (κ3) is 3.86. The molecule has 0 saturated heterocycles. The Morgan fingerprint density at radius 3 is 2.67 bits per heavy atom. The minimum atomic E-state index is 0.735. The van der Waals surface area contributed by atoms with Crippen molar-refractivity contribution in [2.45, 2.75) is 33.6 Å². The van der Waals surface area contributed by atoms with E-state index >= 15 is 0 Å². The van der Waals surface area contributed by atoms with Crippen LogP contribution in [0.1, 0.15) is 32.8 Å². The summed E-state index contributed by atoms with van der Waals surface area (Å²) >= 11 is 3.50. The summed E-state index contributed by atoms with van der Waals surface area (Å²) in [6, 6.07) is 6.45. The predicted octanol–water partition coefficient (Wildman–Crippen LogP) is 4.47. The Bertz CT molecular complexity index is 309. The quantitative estimate of drug-likeness (QED) is 0.832. The van der Waals surface area contributed by atoms with E-state index in [4.69, 9.17) is 0 Å². The fourth-order valence-electron chi connectivity index (χ4n) is 1.46. The minimum Gasteiger partial charge on any atom is -0.385 e. The lowest BCUT2D eigenvalue weighted by atomic mass is 10.1. The highest BCUT2D eigenvalue weighted by Gasteiger charge is 2.03. The summed E-state index contributed by atoms with van der Waals surface area (Å²) in [5, 5.41) is 3.52. The van der Waals surface area contributed by atoms with Gasteiger partial charge in [0.15, 0.2) is 0 Å². The second kappa shape index (κ2) is 6.16. The Labute approximate surface area is 101 Å². The van der Waals surface area contributed by atoms with Crippen molar-refractivity contribution in [3.8, 4) is 0 Å². The third-order valence-corrected chi connectivity index (χ3v) is 3.28. The van der Waals surface area contributed by atoms with Crippen molar-refractivity contribution in [2.24, 2.45) is 5.92 Å². The maximum atomic E-state index is 3.52. The van der Waals surface area contributed by atoms with Crippen molar-refractivity contribution in [3.63, 3.8) is 0 Å². The standard InChI is InChI=1S/C13H20BrN/c1-4-10(3)9-15-13-7-6-12(14)8-11(13)5-2/h6-8,10,15H,4-5,9H2,1-3H3. The minimum absolute atomic E-state index is 0.735. The molecule has 0 fully saturated rings. The molecule has 0 bridgehead atoms. The molecule has 1 aromatic rings. The van der Waals surface area contributed by atoms with Crippen LogP contribution in [0.3, 0.4) is 0 Å². The van der Waals surface area contributed by atoms with Crippen molar-refractivity contribution in [2.75, 3.05) is 11.9 Å². The second-order valence-electron chi connectivity index (χ2n) is 4.05. The van der Waals surface area contributed by atoms with Gasteiger partial charge in [-0.1, -0.05) is 43.1 Å². The zero-order valence-corrected chi connectivity index (χ0v) is 11.4. The second-order valence-corrected chi connectivity index (χ2v) is 4.97. The molecule has 1 unspecified atom stereocenters. The van der Waals surface area contributed by atoms with E-state index in [2.05, 4.69) is 60.2 Å². The molecule has 0 radical (unpaired) electrons. The normalized spacial score (nSPS) is 12.5. The Hall–Kier alpha value is -0.500. The van der Waals surface area contributed by atoms with Crippen LogP contribution in [0.15, 0.2) is 22.7 Å². The van der Waals surface area contributed by atoms with Crippen LogP contribution in [0.25, 0.3) is 0 Å². The Kier molecular flexibility index (Phi) is 5.16. The van der Waals surface area contributed by atoms with Gasteiger partial charge in [0.2, 0.25) is 0 Å². The molecule has 0 heterocycles. The highest BCUT2D eigenvalue weighted by molar-refractivity contribution is 9.10. The fourth-order valence-corrected chi connectivity index (χ4v) is 1.86. The molecule has 1 atom stereocenters. The summed E-state index contributed by atoms with van der Waals surface area (Å²) in [6.45, 7) is 7.76. The van der Waals surface area contributed by atoms with Gasteiger partial charge in [0.05, 0.1) is 0 Å². The summed E-state index contributed by atoms with van der Waals surface area (Å²) in [5.41, 5.74) is 2.66. The number of nitrogens with one attached hydrogen (secondary N) is 1. The number of halogens is 1. The largest absolute Gasteiger partial charge is 0.385 e. The van der Waals surface area contributed by atoms with Crippen LogP contribution in [-0.2, 0) is 6.42 Å². The molecule has 0 aliphatic heterocycles. The molecule has 84 valence electrons. The third-order valence-electron chi connectivity index (χ3n) is 2.79. The van der Waals surface area contributed by atoms with Gasteiger partial charge in [-0.15, -0.1) is 0 Å². The molecule has 1 rings (SSSR count). The number of hydrogen-bond donors (Lipinski definition) is 1. The summed E-state index contributed by atoms with van der Waals surface area (Å²) in [7, 11) is 0. The maximum absolute atomic E-state index is 3.52. The van der Waals surface area contributed by atoms with Gasteiger partial charge in [-0.25, -0.2) is 0 Å². The van der Waals surface area contributed by atoms with Crippen LogP contribution in [0, 0.1) is 5.92 Å². The van der Waals surface area contributed by atoms with E-state index in [0.717, 1.165) is 23.4 Å². The molecular weight excluding hydrogens is 250 g/mol. The molecule has 0 aliphatic rings. The summed E-state index contributed by atoms with van der Waals surface area (Å²) in [4.78, 5) is 0. The molecule has 0 aliphatic carbocycles. The SMILES string of the molecule is CCc1cc(Br)ccc1NCC(C)CC. The lowest BCUT2D eigenvalue weighted by Crippen LogP contribution is -2.11. The summed E-state index contributed by atoms with van der Waals surface area (Å²) in [6.07, 6.45) is 2.30. The first-order valence-corrected chi connectivity index (χ1v) is 6.49. The molecule has 15 heavy (non-hydrogen) atoms. The van der Waals surface area contributed by atoms with Crippen molar-refractivity contribution < 1.29 is 0 Å². The topological polar surface area (TPSA) is 12.0 Å². The molecule has 0 aromatic heterocycles. The molecule has 1 N–H and O–H groups in total. The number of rotatable bonds is 5. The van der Waals surface area contributed by atoms with Gasteiger partial charge in [-0.2, -0.15) is 0 Å². The first-order valence-electron chi connectivity index (χ1n) is 5.69. The molecule has 1 nitrogen and oxygen atoms in total. The number of hydrogen-bond acceptors (Lipinski definition) is 1. The van der Waals surface area contributed by atoms with Crippen molar-refractivity contribution >= 4 is 21.6 Å². The van der Waals surface area contributed by atoms with Crippen molar-refractivity contribution in [3.05, 3.63) is 28.2 Å². The monoisotopic (exact) mass is 269 g/mol. The Morgan fingerprint density at radius 1 is 1.33 bits per heavy atom. The Morgan fingerprint density at radius 2 is 2.07 bits per heavy atom. The van der Waals surface area contributed by atoms with Crippen LogP contribution in [0.5, 0.6) is 0 Å². The molecule has 0 amide bonds. The van der Waals surface area contributed by atoms with E-state index in [0.29, 0.717) is 0 Å². The van der Waals surface area contributed by atoms with E-state index in [1.165, 1.54) is 17.7 Å². The number of benzene rings is 1. The van der Waals surface area contributed by atoms with Crippen molar-refractivity contribution in [1.29, 1.82) is 0 Å². The first-order chi connectivity index (χ1) is 7.17. The highest BCUT2D eigenvalue weighted by atomic mass is 79.9. The van der Waals surface area contributed by atoms with Gasteiger partial charge in [0, 0.05) is 16.7 Å². The predicted molar refractivity (Wildman–Crippen MR) is 71.5 cm³/mol. The number of aryl methyl sites for hydroxylation is 1. The van der Waals surface area contributed by atoms with Gasteiger partial charge in [0.25, 0.3) is 0 Å². The average Bonchev–Trinajstić information content (AvgIpc) is 2.26. The van der Waals surface area contributed by atoms with Crippen LogP contribution in [-0.4, -0.2) is 6.54 Å². The van der Waals surface area contributed by atoms with E-state index in [1.807, 2.05) is 0 Å². The molecule has 2 heteroatoms. The first kappa shape index (κ1) is 12.6. The van der Waals surface area contributed by atoms with E-state index in [1.54, 1.807) is 0 Å². The highest BCUT2D eigenvalue weighted by Crippen LogP contribution is 2.21. The molecule has 1 aromatic carbocycles. The molecule has 0 saturated carbocycles. The van der Waals surface area contributed by atoms with E-state index in [-0.39, 0.29) is 0 Å². The molecule has 0 spiro atoms. The zero-order chi connectivity index (χ0) is 11.3. The van der Waals surface area contributed by atoms with Crippen LogP contribution in [0.4, 0.5) is 5.69 Å². The maximum Gasteiger partial charge on any atom is 0.0373 e. The fraction of sp³-hybridized carbons (Fsp3) is 0.538. The van der Waals surface area contributed by atoms with Crippen molar-refractivity contribution in [1.82, 2.24) is 0 Å². The van der Waals surface area contributed by atoms with Crippen LogP contribution >= 0.6 is 15.9 Å². The van der Waals surface area contributed by atoms with Gasteiger partial charge in [-0.05, 0) is 36.1 Å². The van der Waals surface area contributed by atoms with Gasteiger partial charge in [-0.3, -0.25) is 0 Å².